The lowest BCUT2D eigenvalue weighted by atomic mass is 10.2. The molecule has 138 valence electrons. The molecule has 0 saturated heterocycles. The van der Waals surface area contributed by atoms with E-state index in [9.17, 15) is 9.59 Å². The first-order valence-corrected chi connectivity index (χ1v) is 8.50. The molecule has 0 aliphatic heterocycles. The van der Waals surface area contributed by atoms with Gasteiger partial charge >= 0.3 is 0 Å². The summed E-state index contributed by atoms with van der Waals surface area (Å²) >= 11 is 6.19. The Bertz CT molecular complexity index is 630. The second-order valence-electron chi connectivity index (χ2n) is 5.54. The number of hydrogen-bond acceptors (Lipinski definition) is 4. The number of amides is 2. The van der Waals surface area contributed by atoms with Crippen LogP contribution < -0.4 is 20.1 Å². The molecular formula is C18H25ClN2O4. The van der Waals surface area contributed by atoms with Crippen molar-refractivity contribution < 1.29 is 19.1 Å². The van der Waals surface area contributed by atoms with Crippen molar-refractivity contribution in [2.24, 2.45) is 5.92 Å². The molecule has 0 saturated carbocycles. The van der Waals surface area contributed by atoms with E-state index in [2.05, 4.69) is 10.6 Å². The van der Waals surface area contributed by atoms with Crippen LogP contribution in [-0.4, -0.2) is 38.6 Å². The molecule has 0 atom stereocenters. The first-order chi connectivity index (χ1) is 11.9. The lowest BCUT2D eigenvalue weighted by molar-refractivity contribution is -0.124. The predicted molar refractivity (Wildman–Crippen MR) is 99.1 cm³/mol. The zero-order valence-corrected chi connectivity index (χ0v) is 15.8. The zero-order chi connectivity index (χ0) is 18.8. The topological polar surface area (TPSA) is 76.7 Å². The Labute approximate surface area is 153 Å². The summed E-state index contributed by atoms with van der Waals surface area (Å²) in [5.41, 5.74) is 0.716. The van der Waals surface area contributed by atoms with Gasteiger partial charge in [0.05, 0.1) is 18.7 Å². The maximum absolute atomic E-state index is 11.8. The summed E-state index contributed by atoms with van der Waals surface area (Å²) in [6.45, 7) is 6.70. The fourth-order valence-electron chi connectivity index (χ4n) is 1.93. The van der Waals surface area contributed by atoms with E-state index in [1.807, 2.05) is 20.8 Å². The van der Waals surface area contributed by atoms with Gasteiger partial charge in [0.25, 0.3) is 0 Å². The largest absolute Gasteiger partial charge is 0.493 e. The molecule has 25 heavy (non-hydrogen) atoms. The van der Waals surface area contributed by atoms with Crippen LogP contribution in [0.2, 0.25) is 5.02 Å². The molecule has 6 nitrogen and oxygen atoms in total. The summed E-state index contributed by atoms with van der Waals surface area (Å²) < 4.78 is 10.7. The first-order valence-electron chi connectivity index (χ1n) is 8.13. The minimum atomic E-state index is -0.261. The molecule has 0 fully saturated rings. The highest BCUT2D eigenvalue weighted by atomic mass is 35.5. The van der Waals surface area contributed by atoms with Crippen molar-refractivity contribution in [2.45, 2.75) is 20.8 Å². The van der Waals surface area contributed by atoms with Crippen LogP contribution in [0.4, 0.5) is 0 Å². The Hall–Kier alpha value is -2.21. The molecule has 0 aliphatic rings. The minimum absolute atomic E-state index is 0.0408. The van der Waals surface area contributed by atoms with Gasteiger partial charge in [-0.2, -0.15) is 0 Å². The molecule has 0 radical (unpaired) electrons. The third-order valence-electron chi connectivity index (χ3n) is 3.22. The van der Waals surface area contributed by atoms with Gasteiger partial charge in [-0.05, 0) is 30.7 Å². The number of halogens is 1. The van der Waals surface area contributed by atoms with Crippen LogP contribution in [0.15, 0.2) is 18.2 Å². The third-order valence-corrected chi connectivity index (χ3v) is 3.50. The minimum Gasteiger partial charge on any atom is -0.493 e. The molecule has 0 aliphatic carbocycles. The normalized spacial score (nSPS) is 10.8. The predicted octanol–water partition coefficient (Wildman–Crippen LogP) is 2.65. The number of ether oxygens (including phenoxy) is 2. The first kappa shape index (κ1) is 20.8. The highest BCUT2D eigenvalue weighted by Gasteiger charge is 2.10. The summed E-state index contributed by atoms with van der Waals surface area (Å²) in [7, 11) is 1.53. The van der Waals surface area contributed by atoms with Gasteiger partial charge in [-0.1, -0.05) is 25.4 Å². The van der Waals surface area contributed by atoms with Crippen LogP contribution in [0.1, 0.15) is 26.3 Å². The van der Waals surface area contributed by atoms with Crippen LogP contribution in [-0.2, 0) is 9.59 Å². The van der Waals surface area contributed by atoms with E-state index in [4.69, 9.17) is 21.1 Å². The molecule has 0 unspecified atom stereocenters. The molecule has 7 heteroatoms. The second-order valence-corrected chi connectivity index (χ2v) is 5.94. The summed E-state index contributed by atoms with van der Waals surface area (Å²) in [6.07, 6.45) is 3.03. The maximum Gasteiger partial charge on any atom is 0.244 e. The Morgan fingerprint density at radius 1 is 1.24 bits per heavy atom. The van der Waals surface area contributed by atoms with Crippen LogP contribution in [0.25, 0.3) is 6.08 Å². The number of nitrogens with one attached hydrogen (secondary N) is 2. The fraction of sp³-hybridized carbons (Fsp3) is 0.444. The number of benzene rings is 1. The molecular weight excluding hydrogens is 344 g/mol. The van der Waals surface area contributed by atoms with E-state index >= 15 is 0 Å². The van der Waals surface area contributed by atoms with Gasteiger partial charge < -0.3 is 20.1 Å². The Balaban J connectivity index is 2.58. The number of carbonyl (C=O) groups excluding carboxylic acids is 2. The molecule has 1 aromatic carbocycles. The standard InChI is InChI=1S/C18H25ClN2O4/c1-5-25-17-14(19)10-13(11-15(17)24-4)6-7-16(22)20-8-9-21-18(23)12(2)3/h6-7,10-12H,5,8-9H2,1-4H3,(H,20,22)(H,21,23)/b7-6+. The third kappa shape index (κ3) is 7.05. The van der Waals surface area contributed by atoms with Crippen LogP contribution in [0.3, 0.4) is 0 Å². The molecule has 0 bridgehead atoms. The monoisotopic (exact) mass is 368 g/mol. The highest BCUT2D eigenvalue weighted by molar-refractivity contribution is 6.32. The lowest BCUT2D eigenvalue weighted by Crippen LogP contribution is -2.35. The van der Waals surface area contributed by atoms with E-state index < -0.39 is 0 Å². The Morgan fingerprint density at radius 2 is 1.92 bits per heavy atom. The smallest absolute Gasteiger partial charge is 0.244 e. The highest BCUT2D eigenvalue weighted by Crippen LogP contribution is 2.36. The van der Waals surface area contributed by atoms with Gasteiger partial charge in [0.2, 0.25) is 11.8 Å². The van der Waals surface area contributed by atoms with Gasteiger partial charge in [-0.15, -0.1) is 0 Å². The van der Waals surface area contributed by atoms with Gasteiger partial charge in [0.1, 0.15) is 0 Å². The number of methoxy groups -OCH3 is 1. The van der Waals surface area contributed by atoms with Gasteiger partial charge in [0.15, 0.2) is 11.5 Å². The summed E-state index contributed by atoms with van der Waals surface area (Å²) in [6, 6.07) is 3.44. The van der Waals surface area contributed by atoms with E-state index in [0.717, 1.165) is 0 Å². The van der Waals surface area contributed by atoms with Crippen molar-refractivity contribution in [2.75, 3.05) is 26.8 Å². The summed E-state index contributed by atoms with van der Waals surface area (Å²) in [5, 5.41) is 5.83. The fourth-order valence-corrected chi connectivity index (χ4v) is 2.20. The second kappa shape index (κ2) is 10.6. The van der Waals surface area contributed by atoms with Crippen molar-refractivity contribution in [1.82, 2.24) is 10.6 Å². The van der Waals surface area contributed by atoms with Crippen LogP contribution >= 0.6 is 11.6 Å². The number of rotatable bonds is 9. The SMILES string of the molecule is CCOc1c(Cl)cc(/C=C/C(=O)NCCNC(=O)C(C)C)cc1OC. The lowest BCUT2D eigenvalue weighted by Gasteiger charge is -2.12. The van der Waals surface area contributed by atoms with Crippen molar-refractivity contribution in [3.05, 3.63) is 28.8 Å². The number of carbonyl (C=O) groups is 2. The Kier molecular flexibility index (Phi) is 8.84. The van der Waals surface area contributed by atoms with Crippen LogP contribution in [0.5, 0.6) is 11.5 Å². The molecule has 0 aromatic heterocycles. The van der Waals surface area contributed by atoms with Crippen molar-refractivity contribution >= 4 is 29.5 Å². The van der Waals surface area contributed by atoms with Crippen LogP contribution in [0, 0.1) is 5.92 Å². The zero-order valence-electron chi connectivity index (χ0n) is 15.0. The molecule has 1 rings (SSSR count). The van der Waals surface area contributed by atoms with Gasteiger partial charge in [-0.3, -0.25) is 9.59 Å². The van der Waals surface area contributed by atoms with E-state index in [0.29, 0.717) is 41.8 Å². The van der Waals surface area contributed by atoms with Gasteiger partial charge in [0, 0.05) is 25.1 Å². The molecule has 0 heterocycles. The van der Waals surface area contributed by atoms with Crippen molar-refractivity contribution in [1.29, 1.82) is 0 Å². The Morgan fingerprint density at radius 3 is 2.52 bits per heavy atom. The maximum atomic E-state index is 11.8. The molecule has 1 aromatic rings. The van der Waals surface area contributed by atoms with Crippen molar-refractivity contribution in [3.8, 4) is 11.5 Å². The molecule has 2 amide bonds. The van der Waals surface area contributed by atoms with E-state index in [-0.39, 0.29) is 17.7 Å². The molecule has 0 spiro atoms. The quantitative estimate of drug-likeness (QED) is 0.519. The summed E-state index contributed by atoms with van der Waals surface area (Å²) in [4.78, 5) is 23.2. The average Bonchev–Trinajstić information content (AvgIpc) is 2.58. The summed E-state index contributed by atoms with van der Waals surface area (Å²) in [5.74, 6) is 0.610. The van der Waals surface area contributed by atoms with E-state index in [1.54, 1.807) is 18.2 Å². The average molecular weight is 369 g/mol. The number of hydrogen-bond donors (Lipinski definition) is 2. The van der Waals surface area contributed by atoms with E-state index in [1.165, 1.54) is 13.2 Å². The van der Waals surface area contributed by atoms with Crippen molar-refractivity contribution in [3.63, 3.8) is 0 Å². The van der Waals surface area contributed by atoms with Gasteiger partial charge in [-0.25, -0.2) is 0 Å². The molecule has 2 N–H and O–H groups in total.